The lowest BCUT2D eigenvalue weighted by Gasteiger charge is -2.25. The number of amides is 1. The summed E-state index contributed by atoms with van der Waals surface area (Å²) in [7, 11) is 0. The number of nitrogens with zero attached hydrogens (tertiary/aromatic N) is 6. The quantitative estimate of drug-likeness (QED) is 0.692. The van der Waals surface area contributed by atoms with Crippen molar-refractivity contribution in [3.63, 3.8) is 0 Å². The molecule has 138 valence electrons. The minimum Gasteiger partial charge on any atom is -0.378 e. The molecule has 9 nitrogen and oxygen atoms in total. The number of hydrogen-bond donors (Lipinski definition) is 0. The molecule has 0 unspecified atom stereocenters. The molecule has 1 aliphatic carbocycles. The Kier molecular flexibility index (Phi) is 3.93. The molecule has 4 heterocycles. The first-order chi connectivity index (χ1) is 13.3. The Labute approximate surface area is 155 Å². The highest BCUT2D eigenvalue weighted by Crippen LogP contribution is 2.38. The number of carbonyl (C=O) groups is 1. The molecule has 2 aliphatic rings. The summed E-state index contributed by atoms with van der Waals surface area (Å²) in [6.45, 7) is 2.28. The summed E-state index contributed by atoms with van der Waals surface area (Å²) in [5.41, 5.74) is 1.17. The van der Waals surface area contributed by atoms with E-state index in [0.29, 0.717) is 49.6 Å². The molecule has 0 spiro atoms. The molecule has 1 saturated heterocycles. The first-order valence-corrected chi connectivity index (χ1v) is 8.99. The van der Waals surface area contributed by atoms with E-state index < -0.39 is 0 Å². The van der Waals surface area contributed by atoms with Crippen LogP contribution in [0, 0.1) is 0 Å². The van der Waals surface area contributed by atoms with Crippen molar-refractivity contribution < 1.29 is 14.1 Å². The van der Waals surface area contributed by atoms with Crippen molar-refractivity contribution >= 4 is 5.91 Å². The molecule has 3 aromatic rings. The van der Waals surface area contributed by atoms with Gasteiger partial charge in [-0.1, -0.05) is 5.16 Å². The molecule has 1 saturated carbocycles. The van der Waals surface area contributed by atoms with Crippen LogP contribution in [0.4, 0.5) is 0 Å². The van der Waals surface area contributed by atoms with Crippen LogP contribution in [0.5, 0.6) is 0 Å². The summed E-state index contributed by atoms with van der Waals surface area (Å²) in [6.07, 6.45) is 7.19. The summed E-state index contributed by atoms with van der Waals surface area (Å²) < 4.78 is 12.4. The molecule has 0 atom stereocenters. The van der Waals surface area contributed by atoms with Crippen LogP contribution < -0.4 is 0 Å². The first-order valence-electron chi connectivity index (χ1n) is 8.99. The third kappa shape index (κ3) is 3.21. The van der Waals surface area contributed by atoms with E-state index in [1.165, 1.54) is 0 Å². The highest BCUT2D eigenvalue weighted by atomic mass is 16.5. The van der Waals surface area contributed by atoms with E-state index in [4.69, 9.17) is 9.26 Å². The van der Waals surface area contributed by atoms with Crippen molar-refractivity contribution in [2.24, 2.45) is 0 Å². The van der Waals surface area contributed by atoms with Crippen molar-refractivity contribution in [3.05, 3.63) is 42.4 Å². The highest BCUT2D eigenvalue weighted by molar-refractivity contribution is 5.92. The van der Waals surface area contributed by atoms with Gasteiger partial charge in [0, 0.05) is 37.0 Å². The zero-order valence-corrected chi connectivity index (χ0v) is 14.6. The topological polar surface area (TPSA) is 99.2 Å². The van der Waals surface area contributed by atoms with Gasteiger partial charge in [0.2, 0.25) is 0 Å². The zero-order valence-electron chi connectivity index (χ0n) is 14.6. The lowest BCUT2D eigenvalue weighted by atomic mass is 10.2. The Bertz CT molecular complexity index is 971. The second-order valence-corrected chi connectivity index (χ2v) is 6.71. The Morgan fingerprint density at radius 3 is 2.85 bits per heavy atom. The highest BCUT2D eigenvalue weighted by Gasteiger charge is 2.29. The molecule has 27 heavy (non-hydrogen) atoms. The van der Waals surface area contributed by atoms with E-state index in [1.807, 2.05) is 12.1 Å². The van der Waals surface area contributed by atoms with Crippen molar-refractivity contribution in [1.82, 2.24) is 29.6 Å². The lowest BCUT2D eigenvalue weighted by molar-refractivity contribution is 0.0299. The third-order valence-electron chi connectivity index (χ3n) is 4.74. The molecule has 3 aromatic heterocycles. The smallest absolute Gasteiger partial charge is 0.274 e. The Morgan fingerprint density at radius 1 is 1.19 bits per heavy atom. The van der Waals surface area contributed by atoms with Crippen LogP contribution in [0.2, 0.25) is 0 Å². The van der Waals surface area contributed by atoms with Crippen LogP contribution in [-0.4, -0.2) is 61.8 Å². The Morgan fingerprint density at radius 2 is 2.04 bits per heavy atom. The van der Waals surface area contributed by atoms with Crippen LogP contribution in [0.1, 0.15) is 35.1 Å². The average molecular weight is 366 g/mol. The van der Waals surface area contributed by atoms with Gasteiger partial charge in [0.25, 0.3) is 11.8 Å². The summed E-state index contributed by atoms with van der Waals surface area (Å²) in [5.74, 6) is 2.22. The van der Waals surface area contributed by atoms with E-state index in [0.717, 1.165) is 24.2 Å². The maximum Gasteiger partial charge on any atom is 0.274 e. The number of hydrogen-bond acceptors (Lipinski definition) is 7. The fourth-order valence-electron chi connectivity index (χ4n) is 3.04. The van der Waals surface area contributed by atoms with Gasteiger partial charge in [0.05, 0.1) is 13.2 Å². The van der Waals surface area contributed by atoms with Crippen LogP contribution in [-0.2, 0) is 4.74 Å². The number of morpholine rings is 1. The standard InChI is InChI=1S/C18H18N6O3/c25-18(23-5-7-26-8-6-23)14-10-24(11-20-14)15-9-13(3-4-19-15)17-21-16(22-27-17)12-1-2-12/h3-4,9-12H,1-2,5-8H2. The summed E-state index contributed by atoms with van der Waals surface area (Å²) in [5, 5.41) is 4.05. The van der Waals surface area contributed by atoms with Gasteiger partial charge in [-0.3, -0.25) is 9.36 Å². The van der Waals surface area contributed by atoms with Crippen molar-refractivity contribution in [2.75, 3.05) is 26.3 Å². The SMILES string of the molecule is O=C(c1cn(-c2cc(-c3nc(C4CC4)no3)ccn2)cn1)N1CCOCC1. The van der Waals surface area contributed by atoms with Crippen molar-refractivity contribution in [1.29, 1.82) is 0 Å². The van der Waals surface area contributed by atoms with Gasteiger partial charge in [-0.25, -0.2) is 9.97 Å². The van der Waals surface area contributed by atoms with Crippen molar-refractivity contribution in [2.45, 2.75) is 18.8 Å². The number of carbonyl (C=O) groups excluding carboxylic acids is 1. The second-order valence-electron chi connectivity index (χ2n) is 6.71. The lowest BCUT2D eigenvalue weighted by Crippen LogP contribution is -2.40. The molecule has 2 fully saturated rings. The molecular weight excluding hydrogens is 348 g/mol. The number of rotatable bonds is 4. The number of aromatic nitrogens is 5. The minimum atomic E-state index is -0.0980. The Hall–Kier alpha value is -3.07. The summed E-state index contributed by atoms with van der Waals surface area (Å²) >= 11 is 0. The molecule has 1 aliphatic heterocycles. The fourth-order valence-corrected chi connectivity index (χ4v) is 3.04. The largest absolute Gasteiger partial charge is 0.378 e. The van der Waals surface area contributed by atoms with Gasteiger partial charge in [-0.15, -0.1) is 0 Å². The maximum absolute atomic E-state index is 12.5. The van der Waals surface area contributed by atoms with E-state index in [1.54, 1.807) is 28.2 Å². The van der Waals surface area contributed by atoms with Crippen LogP contribution in [0.15, 0.2) is 35.4 Å². The van der Waals surface area contributed by atoms with E-state index in [2.05, 4.69) is 20.1 Å². The minimum absolute atomic E-state index is 0.0980. The number of pyridine rings is 1. The van der Waals surface area contributed by atoms with Gasteiger partial charge in [0.15, 0.2) is 5.82 Å². The maximum atomic E-state index is 12.5. The third-order valence-corrected chi connectivity index (χ3v) is 4.74. The number of ether oxygens (including phenoxy) is 1. The average Bonchev–Trinajstić information content (AvgIpc) is 3.25. The monoisotopic (exact) mass is 366 g/mol. The molecular formula is C18H18N6O3. The van der Waals surface area contributed by atoms with Crippen LogP contribution in [0.3, 0.4) is 0 Å². The summed E-state index contributed by atoms with van der Waals surface area (Å²) in [6, 6.07) is 3.67. The van der Waals surface area contributed by atoms with Gasteiger partial charge >= 0.3 is 0 Å². The predicted octanol–water partition coefficient (Wildman–Crippen LogP) is 1.67. The van der Waals surface area contributed by atoms with Gasteiger partial charge in [-0.2, -0.15) is 4.98 Å². The first kappa shape index (κ1) is 16.1. The zero-order chi connectivity index (χ0) is 18.2. The molecule has 5 rings (SSSR count). The Balaban J connectivity index is 1.38. The van der Waals surface area contributed by atoms with Gasteiger partial charge in [-0.05, 0) is 25.0 Å². The fraction of sp³-hybridized carbons (Fsp3) is 0.389. The van der Waals surface area contributed by atoms with Gasteiger partial charge < -0.3 is 14.2 Å². The van der Waals surface area contributed by atoms with Crippen LogP contribution >= 0.6 is 0 Å². The van der Waals surface area contributed by atoms with Gasteiger partial charge in [0.1, 0.15) is 17.8 Å². The molecule has 0 aromatic carbocycles. The molecule has 9 heteroatoms. The predicted molar refractivity (Wildman–Crippen MR) is 93.3 cm³/mol. The van der Waals surface area contributed by atoms with Crippen LogP contribution in [0.25, 0.3) is 17.3 Å². The molecule has 0 N–H and O–H groups in total. The summed E-state index contributed by atoms with van der Waals surface area (Å²) in [4.78, 5) is 27.4. The van der Waals surface area contributed by atoms with Crippen molar-refractivity contribution in [3.8, 4) is 17.3 Å². The normalized spacial score (nSPS) is 17.3. The number of imidazole rings is 1. The molecule has 0 bridgehead atoms. The molecule has 0 radical (unpaired) electrons. The van der Waals surface area contributed by atoms with E-state index in [9.17, 15) is 4.79 Å². The van der Waals surface area contributed by atoms with E-state index in [-0.39, 0.29) is 5.91 Å². The molecule has 1 amide bonds. The second kappa shape index (κ2) is 6.58. The van der Waals surface area contributed by atoms with E-state index >= 15 is 0 Å².